The van der Waals surface area contributed by atoms with E-state index < -0.39 is 26.9 Å². The Labute approximate surface area is 114 Å². The lowest BCUT2D eigenvalue weighted by atomic mass is 10.3. The number of sulfonamides is 1. The van der Waals surface area contributed by atoms with Gasteiger partial charge in [0.1, 0.15) is 0 Å². The third kappa shape index (κ3) is 4.24. The van der Waals surface area contributed by atoms with E-state index in [1.165, 1.54) is 24.5 Å². The number of nitrogen functional groups attached to an aromatic ring is 1. The largest absolute Gasteiger partial charge is 0.397 e. The van der Waals surface area contributed by atoms with Crippen LogP contribution in [0.4, 0.5) is 5.69 Å². The van der Waals surface area contributed by atoms with Crippen molar-refractivity contribution in [3.8, 4) is 0 Å². The van der Waals surface area contributed by atoms with Crippen LogP contribution in [-0.2, 0) is 20.8 Å². The number of hydrogen-bond acceptors (Lipinski definition) is 4. The van der Waals surface area contributed by atoms with Crippen LogP contribution in [0, 0.1) is 0 Å². The predicted molar refractivity (Wildman–Crippen MR) is 74.6 cm³/mol. The first-order valence-corrected chi connectivity index (χ1v) is 8.68. The average Bonchev–Trinajstić information content (AvgIpc) is 2.19. The molecule has 1 aromatic rings. The molecule has 5 nitrogen and oxygen atoms in total. The second-order valence-electron chi connectivity index (χ2n) is 3.95. The summed E-state index contributed by atoms with van der Waals surface area (Å²) in [4.78, 5) is 0.0399. The van der Waals surface area contributed by atoms with E-state index in [2.05, 4.69) is 4.72 Å². The van der Waals surface area contributed by atoms with Crippen LogP contribution < -0.4 is 10.5 Å². The predicted octanol–water partition coefficient (Wildman–Crippen LogP) is 0.967. The summed E-state index contributed by atoms with van der Waals surface area (Å²) in [5, 5.41) is 0.302. The van der Waals surface area contributed by atoms with Gasteiger partial charge in [0.05, 0.1) is 15.6 Å². The Hall–Kier alpha value is -0.630. The molecule has 2 atom stereocenters. The highest BCUT2D eigenvalue weighted by atomic mass is 35.5. The maximum atomic E-state index is 12.0. The van der Waals surface area contributed by atoms with Crippen LogP contribution in [0.2, 0.25) is 5.02 Å². The molecule has 102 valence electrons. The number of rotatable bonds is 5. The van der Waals surface area contributed by atoms with Gasteiger partial charge >= 0.3 is 0 Å². The van der Waals surface area contributed by atoms with Crippen molar-refractivity contribution in [3.05, 3.63) is 23.2 Å². The van der Waals surface area contributed by atoms with Crippen LogP contribution in [-0.4, -0.2) is 30.7 Å². The third-order valence-electron chi connectivity index (χ3n) is 2.12. The first kappa shape index (κ1) is 15.4. The van der Waals surface area contributed by atoms with Crippen molar-refractivity contribution in [2.45, 2.75) is 17.9 Å². The van der Waals surface area contributed by atoms with Gasteiger partial charge < -0.3 is 5.73 Å². The molecule has 0 aromatic heterocycles. The summed E-state index contributed by atoms with van der Waals surface area (Å²) in [5.41, 5.74) is 5.76. The molecular weight excluding hydrogens is 296 g/mol. The summed E-state index contributed by atoms with van der Waals surface area (Å²) in [6.45, 7) is 1.65. The Morgan fingerprint density at radius 1 is 1.50 bits per heavy atom. The van der Waals surface area contributed by atoms with Crippen molar-refractivity contribution in [1.29, 1.82) is 0 Å². The summed E-state index contributed by atoms with van der Waals surface area (Å²) >= 11 is 5.72. The Morgan fingerprint density at radius 3 is 2.61 bits per heavy atom. The van der Waals surface area contributed by atoms with Gasteiger partial charge in [0.25, 0.3) is 0 Å². The van der Waals surface area contributed by atoms with Gasteiger partial charge in [-0.25, -0.2) is 13.1 Å². The van der Waals surface area contributed by atoms with Crippen LogP contribution in [0.25, 0.3) is 0 Å². The molecule has 0 bridgehead atoms. The molecule has 0 heterocycles. The van der Waals surface area contributed by atoms with E-state index in [1.54, 1.807) is 6.92 Å². The number of nitrogens with one attached hydrogen (secondary N) is 1. The Balaban J connectivity index is 2.92. The molecule has 8 heteroatoms. The molecule has 0 fully saturated rings. The fraction of sp³-hybridized carbons (Fsp3) is 0.400. The molecule has 1 rings (SSSR count). The molecular formula is C10H15ClN2O3S2. The van der Waals surface area contributed by atoms with Gasteiger partial charge in [-0.05, 0) is 25.1 Å². The zero-order valence-corrected chi connectivity index (χ0v) is 12.4. The van der Waals surface area contributed by atoms with Gasteiger partial charge in [-0.15, -0.1) is 0 Å². The highest BCUT2D eigenvalue weighted by Crippen LogP contribution is 2.22. The molecule has 18 heavy (non-hydrogen) atoms. The number of nitrogens with two attached hydrogens (primary N) is 1. The SMILES string of the molecule is CC(CS(C)=O)NS(=O)(=O)c1ccc(Cl)c(N)c1. The average molecular weight is 311 g/mol. The lowest BCUT2D eigenvalue weighted by molar-refractivity contribution is 0.570. The quantitative estimate of drug-likeness (QED) is 0.793. The summed E-state index contributed by atoms with van der Waals surface area (Å²) in [7, 11) is -4.74. The Bertz CT molecular complexity index is 560. The number of halogens is 1. The number of benzene rings is 1. The molecule has 0 aliphatic carbocycles. The molecule has 0 aliphatic rings. The summed E-state index contributed by atoms with van der Waals surface area (Å²) in [5.74, 6) is 0.252. The van der Waals surface area contributed by atoms with Gasteiger partial charge in [-0.2, -0.15) is 0 Å². The van der Waals surface area contributed by atoms with Crippen molar-refractivity contribution >= 4 is 38.1 Å². The lowest BCUT2D eigenvalue weighted by Gasteiger charge is -2.13. The van der Waals surface area contributed by atoms with Crippen molar-refractivity contribution < 1.29 is 12.6 Å². The van der Waals surface area contributed by atoms with Crippen LogP contribution in [0.3, 0.4) is 0 Å². The topological polar surface area (TPSA) is 89.3 Å². The molecule has 0 saturated heterocycles. The highest BCUT2D eigenvalue weighted by molar-refractivity contribution is 7.89. The normalized spacial score (nSPS) is 15.3. The van der Waals surface area contributed by atoms with E-state index in [0.717, 1.165) is 0 Å². The van der Waals surface area contributed by atoms with Gasteiger partial charge in [0.15, 0.2) is 0 Å². The second kappa shape index (κ2) is 6.01. The number of hydrogen-bond donors (Lipinski definition) is 2. The van der Waals surface area contributed by atoms with Crippen molar-refractivity contribution in [2.75, 3.05) is 17.7 Å². The maximum Gasteiger partial charge on any atom is 0.240 e. The van der Waals surface area contributed by atoms with Crippen LogP contribution in [0.1, 0.15) is 6.92 Å². The fourth-order valence-electron chi connectivity index (χ4n) is 1.41. The summed E-state index contributed by atoms with van der Waals surface area (Å²) in [6, 6.07) is 3.67. The van der Waals surface area contributed by atoms with Gasteiger partial charge in [-0.3, -0.25) is 4.21 Å². The van der Waals surface area contributed by atoms with Crippen molar-refractivity contribution in [2.24, 2.45) is 0 Å². The second-order valence-corrected chi connectivity index (χ2v) is 7.55. The maximum absolute atomic E-state index is 12.0. The molecule has 0 saturated carbocycles. The van der Waals surface area contributed by atoms with Gasteiger partial charge in [-0.1, -0.05) is 11.6 Å². The molecule has 0 amide bonds. The summed E-state index contributed by atoms with van der Waals surface area (Å²) < 4.78 is 37.4. The molecule has 3 N–H and O–H groups in total. The minimum Gasteiger partial charge on any atom is -0.397 e. The van der Waals surface area contributed by atoms with Crippen LogP contribution in [0.15, 0.2) is 23.1 Å². The zero-order chi connectivity index (χ0) is 13.9. The number of anilines is 1. The van der Waals surface area contributed by atoms with Gasteiger partial charge in [0.2, 0.25) is 10.0 Å². The van der Waals surface area contributed by atoms with Crippen LogP contribution in [0.5, 0.6) is 0 Å². The third-order valence-corrected chi connectivity index (χ3v) is 5.02. The zero-order valence-electron chi connectivity index (χ0n) is 10.0. The van der Waals surface area contributed by atoms with E-state index in [1.807, 2.05) is 0 Å². The molecule has 2 unspecified atom stereocenters. The Kier molecular flexibility index (Phi) is 5.15. The molecule has 0 radical (unpaired) electrons. The van der Waals surface area contributed by atoms with Crippen molar-refractivity contribution in [1.82, 2.24) is 4.72 Å². The van der Waals surface area contributed by atoms with E-state index in [9.17, 15) is 12.6 Å². The first-order chi connectivity index (χ1) is 8.22. The van der Waals surface area contributed by atoms with E-state index in [-0.39, 0.29) is 16.3 Å². The standard InChI is InChI=1S/C10H15ClN2O3S2/c1-7(6-17(2)14)13-18(15,16)8-3-4-9(11)10(12)5-8/h3-5,7,13H,6,12H2,1-2H3. The van der Waals surface area contributed by atoms with Gasteiger partial charge in [0, 0.05) is 28.9 Å². The van der Waals surface area contributed by atoms with E-state index in [4.69, 9.17) is 17.3 Å². The molecule has 0 spiro atoms. The minimum absolute atomic E-state index is 0.0399. The van der Waals surface area contributed by atoms with E-state index >= 15 is 0 Å². The summed E-state index contributed by atoms with van der Waals surface area (Å²) in [6.07, 6.45) is 1.52. The highest BCUT2D eigenvalue weighted by Gasteiger charge is 2.18. The smallest absolute Gasteiger partial charge is 0.240 e. The Morgan fingerprint density at radius 2 is 2.11 bits per heavy atom. The van der Waals surface area contributed by atoms with Crippen molar-refractivity contribution in [3.63, 3.8) is 0 Å². The minimum atomic E-state index is -3.67. The van der Waals surface area contributed by atoms with E-state index in [0.29, 0.717) is 5.02 Å². The molecule has 1 aromatic carbocycles. The lowest BCUT2D eigenvalue weighted by Crippen LogP contribution is -2.36. The first-order valence-electron chi connectivity index (χ1n) is 5.10. The van der Waals surface area contributed by atoms with Crippen LogP contribution >= 0.6 is 11.6 Å². The fourth-order valence-corrected chi connectivity index (χ4v) is 3.70. The monoisotopic (exact) mass is 310 g/mol. The molecule has 0 aliphatic heterocycles.